The fourth-order valence-corrected chi connectivity index (χ4v) is 2.28. The Bertz CT molecular complexity index is 482. The van der Waals surface area contributed by atoms with Gasteiger partial charge in [0.05, 0.1) is 0 Å². The third kappa shape index (κ3) is 3.01. The zero-order valence-corrected chi connectivity index (χ0v) is 11.7. The van der Waals surface area contributed by atoms with Crippen molar-refractivity contribution < 1.29 is 9.53 Å². The van der Waals surface area contributed by atoms with Crippen LogP contribution in [0.1, 0.15) is 31.9 Å². The van der Waals surface area contributed by atoms with Crippen LogP contribution in [0.4, 0.5) is 0 Å². The molecule has 0 spiro atoms. The van der Waals surface area contributed by atoms with E-state index < -0.39 is 6.10 Å². The Labute approximate surface area is 114 Å². The molecule has 102 valence electrons. The highest BCUT2D eigenvalue weighted by atomic mass is 16.5. The second kappa shape index (κ2) is 5.97. The summed E-state index contributed by atoms with van der Waals surface area (Å²) in [6.45, 7) is 5.68. The minimum absolute atomic E-state index is 0.0161. The van der Waals surface area contributed by atoms with Gasteiger partial charge in [0, 0.05) is 38.2 Å². The smallest absolute Gasteiger partial charge is 0.256 e. The molecule has 0 radical (unpaired) electrons. The first-order valence-electron chi connectivity index (χ1n) is 6.50. The Hall–Kier alpha value is -1.68. The van der Waals surface area contributed by atoms with Gasteiger partial charge in [-0.1, -0.05) is 17.2 Å². The van der Waals surface area contributed by atoms with Gasteiger partial charge in [-0.05, 0) is 26.3 Å². The summed E-state index contributed by atoms with van der Waals surface area (Å²) < 4.78 is 5.37. The van der Waals surface area contributed by atoms with E-state index in [0.29, 0.717) is 6.54 Å². The van der Waals surface area contributed by atoms with Gasteiger partial charge in [0.25, 0.3) is 5.91 Å². The average Bonchev–Trinajstić information content (AvgIpc) is 2.44. The van der Waals surface area contributed by atoms with E-state index in [9.17, 15) is 4.79 Å². The highest BCUT2D eigenvalue weighted by molar-refractivity contribution is 5.82. The number of hydrogen-bond donors (Lipinski definition) is 0. The quantitative estimate of drug-likeness (QED) is 0.783. The molecule has 0 fully saturated rings. The van der Waals surface area contributed by atoms with Gasteiger partial charge in [0.2, 0.25) is 0 Å². The van der Waals surface area contributed by atoms with E-state index in [-0.39, 0.29) is 5.91 Å². The number of pyridine rings is 1. The second-order valence-corrected chi connectivity index (χ2v) is 4.97. The average molecular weight is 260 g/mol. The molecule has 0 aromatic carbocycles. The molecule has 4 nitrogen and oxygen atoms in total. The molecule has 0 aliphatic carbocycles. The lowest BCUT2D eigenvalue weighted by molar-refractivity contribution is -0.142. The normalized spacial score (nSPS) is 17.5. The lowest BCUT2D eigenvalue weighted by Crippen LogP contribution is -2.40. The summed E-state index contributed by atoms with van der Waals surface area (Å²) in [7, 11) is 1.56. The Kier molecular flexibility index (Phi) is 4.32. The van der Waals surface area contributed by atoms with Gasteiger partial charge < -0.3 is 9.64 Å². The monoisotopic (exact) mass is 260 g/mol. The largest absolute Gasteiger partial charge is 0.367 e. The lowest BCUT2D eigenvalue weighted by Gasteiger charge is -2.31. The van der Waals surface area contributed by atoms with Crippen LogP contribution in [0.25, 0.3) is 0 Å². The molecule has 0 saturated heterocycles. The van der Waals surface area contributed by atoms with Crippen LogP contribution < -0.4 is 0 Å². The summed E-state index contributed by atoms with van der Waals surface area (Å²) >= 11 is 0. The second-order valence-electron chi connectivity index (χ2n) is 4.97. The topological polar surface area (TPSA) is 42.4 Å². The number of hydrogen-bond acceptors (Lipinski definition) is 3. The molecule has 1 unspecified atom stereocenters. The standard InChI is InChI=1S/C15H20N2O2/c1-11-6-8-17(10-12(11)2)15(18)14(19-3)13-5-4-7-16-9-13/h4-5,7,9,14H,6,8,10H2,1-3H3. The number of methoxy groups -OCH3 is 1. The fraction of sp³-hybridized carbons (Fsp3) is 0.467. The van der Waals surface area contributed by atoms with Gasteiger partial charge in [-0.25, -0.2) is 0 Å². The molecule has 1 aliphatic heterocycles. The van der Waals surface area contributed by atoms with Crippen molar-refractivity contribution in [2.24, 2.45) is 0 Å². The third-order valence-electron chi connectivity index (χ3n) is 3.67. The van der Waals surface area contributed by atoms with E-state index in [1.807, 2.05) is 17.0 Å². The summed E-state index contributed by atoms with van der Waals surface area (Å²) in [5.74, 6) is 0.0161. The van der Waals surface area contributed by atoms with Gasteiger partial charge in [0.1, 0.15) is 0 Å². The lowest BCUT2D eigenvalue weighted by atomic mass is 10.0. The van der Waals surface area contributed by atoms with Crippen LogP contribution in [-0.4, -0.2) is 36.0 Å². The fourth-order valence-electron chi connectivity index (χ4n) is 2.28. The number of carbonyl (C=O) groups excluding carboxylic acids is 1. The Morgan fingerprint density at radius 2 is 2.21 bits per heavy atom. The highest BCUT2D eigenvalue weighted by Gasteiger charge is 2.27. The molecule has 1 aromatic rings. The molecule has 0 saturated carbocycles. The van der Waals surface area contributed by atoms with E-state index >= 15 is 0 Å². The number of amides is 1. The van der Waals surface area contributed by atoms with Crippen molar-refractivity contribution >= 4 is 5.91 Å². The van der Waals surface area contributed by atoms with Crippen LogP contribution in [0, 0.1) is 0 Å². The minimum Gasteiger partial charge on any atom is -0.367 e. The van der Waals surface area contributed by atoms with Crippen molar-refractivity contribution in [1.29, 1.82) is 0 Å². The van der Waals surface area contributed by atoms with Crippen molar-refractivity contribution in [1.82, 2.24) is 9.88 Å². The molecule has 2 heterocycles. The zero-order chi connectivity index (χ0) is 13.8. The molecule has 2 rings (SSSR count). The summed E-state index contributed by atoms with van der Waals surface area (Å²) in [4.78, 5) is 18.4. The maximum Gasteiger partial charge on any atom is 0.256 e. The van der Waals surface area contributed by atoms with E-state index in [4.69, 9.17) is 4.74 Å². The van der Waals surface area contributed by atoms with Crippen LogP contribution in [0.3, 0.4) is 0 Å². The van der Waals surface area contributed by atoms with Gasteiger partial charge in [-0.3, -0.25) is 9.78 Å². The molecule has 0 bridgehead atoms. The first-order valence-corrected chi connectivity index (χ1v) is 6.50. The molecule has 1 aromatic heterocycles. The van der Waals surface area contributed by atoms with Crippen LogP contribution in [-0.2, 0) is 9.53 Å². The summed E-state index contributed by atoms with van der Waals surface area (Å²) in [6.07, 6.45) is 3.77. The van der Waals surface area contributed by atoms with Crippen molar-refractivity contribution in [3.05, 3.63) is 41.2 Å². The van der Waals surface area contributed by atoms with Gasteiger partial charge in [-0.2, -0.15) is 0 Å². The number of rotatable bonds is 3. The van der Waals surface area contributed by atoms with E-state index in [1.54, 1.807) is 19.5 Å². The van der Waals surface area contributed by atoms with Crippen LogP contribution in [0.5, 0.6) is 0 Å². The molecule has 1 atom stereocenters. The maximum atomic E-state index is 12.5. The molecular formula is C15H20N2O2. The zero-order valence-electron chi connectivity index (χ0n) is 11.7. The van der Waals surface area contributed by atoms with E-state index in [1.165, 1.54) is 11.1 Å². The van der Waals surface area contributed by atoms with Crippen molar-refractivity contribution in [2.45, 2.75) is 26.4 Å². The molecule has 4 heteroatoms. The highest BCUT2D eigenvalue weighted by Crippen LogP contribution is 2.23. The first kappa shape index (κ1) is 13.7. The maximum absolute atomic E-state index is 12.5. The summed E-state index contributed by atoms with van der Waals surface area (Å²) in [5.41, 5.74) is 3.47. The minimum atomic E-state index is -0.556. The van der Waals surface area contributed by atoms with Crippen LogP contribution in [0.15, 0.2) is 35.7 Å². The predicted octanol–water partition coefficient (Wildman–Crippen LogP) is 2.34. The number of ether oxygens (including phenoxy) is 1. The van der Waals surface area contributed by atoms with E-state index in [2.05, 4.69) is 18.8 Å². The molecule has 0 N–H and O–H groups in total. The molecule has 1 amide bonds. The Morgan fingerprint density at radius 3 is 2.79 bits per heavy atom. The number of carbonyl (C=O) groups is 1. The summed E-state index contributed by atoms with van der Waals surface area (Å²) in [5, 5.41) is 0. The van der Waals surface area contributed by atoms with Gasteiger partial charge in [0.15, 0.2) is 6.10 Å². The third-order valence-corrected chi connectivity index (χ3v) is 3.67. The van der Waals surface area contributed by atoms with Crippen LogP contribution >= 0.6 is 0 Å². The number of nitrogens with zero attached hydrogens (tertiary/aromatic N) is 2. The van der Waals surface area contributed by atoms with Gasteiger partial charge >= 0.3 is 0 Å². The SMILES string of the molecule is COC(C(=O)N1CCC(C)=C(C)C1)c1cccnc1. The van der Waals surface area contributed by atoms with Crippen LogP contribution in [0.2, 0.25) is 0 Å². The molecule has 1 aliphatic rings. The molecule has 19 heavy (non-hydrogen) atoms. The Morgan fingerprint density at radius 1 is 1.42 bits per heavy atom. The predicted molar refractivity (Wildman–Crippen MR) is 73.6 cm³/mol. The summed E-state index contributed by atoms with van der Waals surface area (Å²) in [6, 6.07) is 3.69. The van der Waals surface area contributed by atoms with Crippen molar-refractivity contribution in [2.75, 3.05) is 20.2 Å². The number of aromatic nitrogens is 1. The van der Waals surface area contributed by atoms with E-state index in [0.717, 1.165) is 18.5 Å². The molecular weight excluding hydrogens is 240 g/mol. The van der Waals surface area contributed by atoms with Gasteiger partial charge in [-0.15, -0.1) is 0 Å². The Balaban J connectivity index is 2.15. The first-order chi connectivity index (χ1) is 9.13. The van der Waals surface area contributed by atoms with Crippen molar-refractivity contribution in [3.63, 3.8) is 0 Å². The van der Waals surface area contributed by atoms with Crippen molar-refractivity contribution in [3.8, 4) is 0 Å².